The molecule has 1 aliphatic rings. The van der Waals surface area contributed by atoms with Crippen LogP contribution in [0.5, 0.6) is 0 Å². The number of amides is 1. The van der Waals surface area contributed by atoms with Crippen LogP contribution >= 0.6 is 7.37 Å². The lowest BCUT2D eigenvalue weighted by Gasteiger charge is -2.37. The molecule has 0 spiro atoms. The average molecular weight is 399 g/mol. The fraction of sp³-hybridized carbons (Fsp3) is 0.435. The minimum atomic E-state index is -3.62. The number of hydrogen-bond donors (Lipinski definition) is 1. The quantitative estimate of drug-likeness (QED) is 0.545. The van der Waals surface area contributed by atoms with Crippen molar-refractivity contribution in [2.75, 3.05) is 12.7 Å². The van der Waals surface area contributed by atoms with Crippen molar-refractivity contribution in [3.8, 4) is 0 Å². The number of aryl methyl sites for hydroxylation is 1. The molecular formula is C23H30NO3P. The highest BCUT2D eigenvalue weighted by molar-refractivity contribution is 7.60. The number of rotatable bonds is 7. The first-order valence-corrected chi connectivity index (χ1v) is 11.9. The van der Waals surface area contributed by atoms with Crippen LogP contribution < -0.4 is 0 Å². The predicted octanol–water partition coefficient (Wildman–Crippen LogP) is 4.64. The zero-order chi connectivity index (χ0) is 20.2. The molecule has 3 rings (SSSR count). The van der Waals surface area contributed by atoms with Crippen molar-refractivity contribution >= 4 is 13.3 Å². The minimum absolute atomic E-state index is 0.184. The lowest BCUT2D eigenvalue weighted by Crippen LogP contribution is -2.47. The van der Waals surface area contributed by atoms with Crippen LogP contribution in [0.15, 0.2) is 54.6 Å². The van der Waals surface area contributed by atoms with E-state index in [-0.39, 0.29) is 12.1 Å². The zero-order valence-corrected chi connectivity index (χ0v) is 17.7. The highest BCUT2D eigenvalue weighted by atomic mass is 31.2. The fourth-order valence-corrected chi connectivity index (χ4v) is 5.44. The van der Waals surface area contributed by atoms with E-state index in [1.165, 1.54) is 11.1 Å². The number of fused-ring (bicyclic) bond motifs is 1. The number of nitrogens with zero attached hydrogens (tertiary/aromatic N) is 1. The Balaban J connectivity index is 1.58. The Morgan fingerprint density at radius 2 is 1.68 bits per heavy atom. The molecule has 1 amide bonds. The molecule has 0 bridgehead atoms. The van der Waals surface area contributed by atoms with Crippen molar-refractivity contribution in [3.05, 3.63) is 71.3 Å². The van der Waals surface area contributed by atoms with E-state index >= 15 is 0 Å². The van der Waals surface area contributed by atoms with Gasteiger partial charge in [-0.05, 0) is 56.2 Å². The van der Waals surface area contributed by atoms with Gasteiger partial charge in [-0.15, -0.1) is 0 Å². The zero-order valence-electron chi connectivity index (χ0n) is 16.8. The Morgan fingerprint density at radius 1 is 1.04 bits per heavy atom. The van der Waals surface area contributed by atoms with Gasteiger partial charge >= 0.3 is 0 Å². The smallest absolute Gasteiger partial charge is 0.238 e. The lowest BCUT2D eigenvalue weighted by molar-refractivity contribution is -0.134. The summed E-state index contributed by atoms with van der Waals surface area (Å²) in [7, 11) is -3.62. The normalized spacial score (nSPS) is 16.3. The van der Waals surface area contributed by atoms with Crippen LogP contribution in [0, 0.1) is 0 Å². The second kappa shape index (κ2) is 8.63. The highest BCUT2D eigenvalue weighted by Crippen LogP contribution is 2.55. The van der Waals surface area contributed by atoms with Gasteiger partial charge in [0.15, 0.2) is 0 Å². The standard InChI is InChI=1S/C23H30NO3P/c1-23(2,22(25)24-16-15-20-13-6-7-14-21(20)18-24)28(26,27)17-9-8-12-19-10-4-3-5-11-19/h3-7,10-11,13-14H,8-9,12,15-18H2,1-2H3,(H,26,27). The van der Waals surface area contributed by atoms with E-state index in [4.69, 9.17) is 0 Å². The van der Waals surface area contributed by atoms with E-state index in [0.717, 1.165) is 24.8 Å². The van der Waals surface area contributed by atoms with E-state index in [1.54, 1.807) is 18.7 Å². The highest BCUT2D eigenvalue weighted by Gasteiger charge is 2.47. The van der Waals surface area contributed by atoms with Gasteiger partial charge in [0.2, 0.25) is 13.3 Å². The van der Waals surface area contributed by atoms with Gasteiger partial charge in [0.1, 0.15) is 5.16 Å². The molecule has 2 aromatic carbocycles. The largest absolute Gasteiger partial charge is 0.344 e. The third-order valence-corrected chi connectivity index (χ3v) is 8.69. The van der Waals surface area contributed by atoms with E-state index in [2.05, 4.69) is 18.2 Å². The monoisotopic (exact) mass is 399 g/mol. The van der Waals surface area contributed by atoms with Crippen molar-refractivity contribution in [2.24, 2.45) is 0 Å². The second-order valence-electron chi connectivity index (χ2n) is 8.17. The van der Waals surface area contributed by atoms with Crippen molar-refractivity contribution in [1.82, 2.24) is 4.90 Å². The Labute approximate surface area is 168 Å². The number of carbonyl (C=O) groups excluding carboxylic acids is 1. The topological polar surface area (TPSA) is 57.6 Å². The van der Waals surface area contributed by atoms with Gasteiger partial charge in [-0.2, -0.15) is 0 Å². The molecule has 1 aliphatic heterocycles. The molecule has 28 heavy (non-hydrogen) atoms. The number of hydrogen-bond acceptors (Lipinski definition) is 2. The van der Waals surface area contributed by atoms with E-state index < -0.39 is 12.5 Å². The van der Waals surface area contributed by atoms with Crippen molar-refractivity contribution < 1.29 is 14.3 Å². The molecule has 1 unspecified atom stereocenters. The summed E-state index contributed by atoms with van der Waals surface area (Å²) < 4.78 is 13.1. The van der Waals surface area contributed by atoms with Gasteiger partial charge in [-0.1, -0.05) is 54.6 Å². The third kappa shape index (κ3) is 4.56. The molecular weight excluding hydrogens is 369 g/mol. The number of benzene rings is 2. The van der Waals surface area contributed by atoms with Gasteiger partial charge < -0.3 is 9.79 Å². The van der Waals surface area contributed by atoms with E-state index in [1.807, 2.05) is 36.4 Å². The average Bonchev–Trinajstić information content (AvgIpc) is 2.71. The summed E-state index contributed by atoms with van der Waals surface area (Å²) in [6.45, 7) is 4.39. The van der Waals surface area contributed by atoms with Gasteiger partial charge in [0.05, 0.1) is 0 Å². The summed E-state index contributed by atoms with van der Waals surface area (Å²) in [6, 6.07) is 18.2. The molecule has 5 heteroatoms. The Morgan fingerprint density at radius 3 is 2.39 bits per heavy atom. The molecule has 150 valence electrons. The predicted molar refractivity (Wildman–Crippen MR) is 114 cm³/mol. The van der Waals surface area contributed by atoms with Gasteiger partial charge in [0.25, 0.3) is 0 Å². The third-order valence-electron chi connectivity index (χ3n) is 5.83. The van der Waals surface area contributed by atoms with Crippen LogP contribution in [0.2, 0.25) is 0 Å². The number of unbranched alkanes of at least 4 members (excludes halogenated alkanes) is 1. The summed E-state index contributed by atoms with van der Waals surface area (Å²) in [5, 5.41) is -1.26. The first-order valence-electron chi connectivity index (χ1n) is 10.0. The maximum absolute atomic E-state index is 13.1. The first kappa shape index (κ1) is 20.8. The minimum Gasteiger partial charge on any atom is -0.344 e. The first-order chi connectivity index (χ1) is 13.3. The van der Waals surface area contributed by atoms with Gasteiger partial charge in [-0.25, -0.2) is 0 Å². The maximum Gasteiger partial charge on any atom is 0.238 e. The Bertz CT molecular complexity index is 863. The van der Waals surface area contributed by atoms with Gasteiger partial charge in [-0.3, -0.25) is 9.36 Å². The molecule has 0 radical (unpaired) electrons. The summed E-state index contributed by atoms with van der Waals surface area (Å²) in [5.74, 6) is -0.212. The van der Waals surface area contributed by atoms with Crippen LogP contribution in [0.3, 0.4) is 0 Å². The maximum atomic E-state index is 13.1. The van der Waals surface area contributed by atoms with Crippen molar-refractivity contribution in [2.45, 2.75) is 51.2 Å². The van der Waals surface area contributed by atoms with Crippen molar-refractivity contribution in [1.29, 1.82) is 0 Å². The summed E-state index contributed by atoms with van der Waals surface area (Å²) in [6.07, 6.45) is 3.35. The summed E-state index contributed by atoms with van der Waals surface area (Å²) in [4.78, 5) is 25.6. The van der Waals surface area contributed by atoms with Crippen molar-refractivity contribution in [3.63, 3.8) is 0 Å². The van der Waals surface area contributed by atoms with Gasteiger partial charge in [0, 0.05) is 19.3 Å². The molecule has 1 heterocycles. The molecule has 2 aromatic rings. The molecule has 0 aliphatic carbocycles. The van der Waals surface area contributed by atoms with E-state index in [0.29, 0.717) is 19.5 Å². The van der Waals surface area contributed by atoms with E-state index in [9.17, 15) is 14.3 Å². The van der Waals surface area contributed by atoms with Crippen LogP contribution in [0.1, 0.15) is 43.4 Å². The Kier molecular flexibility index (Phi) is 6.42. The SMILES string of the molecule is CC(C)(C(=O)N1CCc2ccccc2C1)P(=O)(O)CCCCc1ccccc1. The lowest BCUT2D eigenvalue weighted by atomic mass is 9.99. The molecule has 1 N–H and O–H groups in total. The number of carbonyl (C=O) groups is 1. The van der Waals surface area contributed by atoms with Crippen LogP contribution in [0.25, 0.3) is 0 Å². The van der Waals surface area contributed by atoms with Crippen LogP contribution in [-0.4, -0.2) is 33.6 Å². The molecule has 0 saturated carbocycles. The molecule has 0 saturated heterocycles. The fourth-order valence-electron chi connectivity index (χ4n) is 3.78. The second-order valence-corrected chi connectivity index (χ2v) is 11.1. The molecule has 0 aromatic heterocycles. The summed E-state index contributed by atoms with van der Waals surface area (Å²) >= 11 is 0. The summed E-state index contributed by atoms with van der Waals surface area (Å²) in [5.41, 5.74) is 3.63. The molecule has 0 fully saturated rings. The van der Waals surface area contributed by atoms with Crippen LogP contribution in [-0.2, 0) is 28.7 Å². The Hall–Kier alpha value is -1.90. The molecule has 1 atom stereocenters. The molecule has 4 nitrogen and oxygen atoms in total. The van der Waals surface area contributed by atoms with Crippen LogP contribution in [0.4, 0.5) is 0 Å².